The molecule has 13 heteroatoms. The van der Waals surface area contributed by atoms with Gasteiger partial charge in [0.05, 0.1) is 19.1 Å². The molecule has 0 spiro atoms. The Balaban J connectivity index is 1.87. The van der Waals surface area contributed by atoms with Gasteiger partial charge in [-0.25, -0.2) is 19.5 Å². The van der Waals surface area contributed by atoms with Gasteiger partial charge in [-0.05, 0) is 0 Å². The maximum Gasteiger partial charge on any atom is 0.469 e. The van der Waals surface area contributed by atoms with Crippen LogP contribution in [-0.2, 0) is 19.8 Å². The number of fused-ring (bicyclic) bond motifs is 1. The molecule has 3 heterocycles. The summed E-state index contributed by atoms with van der Waals surface area (Å²) in [7, 11) is -4.76. The number of nitrogens with zero attached hydrogens (tertiary/aromatic N) is 4. The Hall–Kier alpha value is -1.69. The number of aromatic nitrogens is 4. The number of ether oxygens (including phenoxy) is 1. The van der Waals surface area contributed by atoms with E-state index in [2.05, 4.69) is 19.5 Å². The normalized spacial score (nSPS) is 28.5. The van der Waals surface area contributed by atoms with E-state index in [1.807, 2.05) is 0 Å². The molecule has 2 aromatic heterocycles. The average Bonchev–Trinajstić information content (AvgIpc) is 2.99. The standard InChI is InChI=1S/C10H13FN5O6P/c11-10(1-5(17)6(22-10)2-21-23(18,19)20)16-4-15-7-8(12)13-3-14-9(7)16/h3-6,17H,1-2H2,(H2,12,13,14)(H2,18,19,20)/t5-,6+,10-/m0/s1. The highest BCUT2D eigenvalue weighted by atomic mass is 31.2. The minimum absolute atomic E-state index is 0.0530. The molecule has 0 bridgehead atoms. The molecule has 0 amide bonds. The zero-order valence-corrected chi connectivity index (χ0v) is 12.4. The maximum absolute atomic E-state index is 15.1. The van der Waals surface area contributed by atoms with E-state index in [9.17, 15) is 9.67 Å². The summed E-state index contributed by atoms with van der Waals surface area (Å²) < 4.78 is 36.0. The Kier molecular flexibility index (Phi) is 3.83. The van der Waals surface area contributed by atoms with E-state index in [1.165, 1.54) is 0 Å². The number of anilines is 1. The Bertz CT molecular complexity index is 782. The van der Waals surface area contributed by atoms with E-state index in [4.69, 9.17) is 20.3 Å². The van der Waals surface area contributed by atoms with E-state index in [1.54, 1.807) is 0 Å². The van der Waals surface area contributed by atoms with Gasteiger partial charge in [-0.3, -0.25) is 9.09 Å². The Morgan fingerprint density at radius 3 is 2.96 bits per heavy atom. The van der Waals surface area contributed by atoms with Crippen LogP contribution >= 0.6 is 7.82 Å². The quantitative estimate of drug-likeness (QED) is 0.516. The molecule has 126 valence electrons. The predicted octanol–water partition coefficient (Wildman–Crippen LogP) is -0.753. The number of nitrogens with two attached hydrogens (primary N) is 1. The molecule has 5 N–H and O–H groups in total. The van der Waals surface area contributed by atoms with E-state index >= 15 is 4.39 Å². The van der Waals surface area contributed by atoms with Crippen LogP contribution in [0.3, 0.4) is 0 Å². The number of alkyl halides is 1. The van der Waals surface area contributed by atoms with Crippen LogP contribution in [0.5, 0.6) is 0 Å². The number of hydrogen-bond acceptors (Lipinski definition) is 8. The molecule has 11 nitrogen and oxygen atoms in total. The number of nitrogen functional groups attached to an aromatic ring is 1. The van der Waals surface area contributed by atoms with E-state index in [0.29, 0.717) is 0 Å². The monoisotopic (exact) mass is 349 g/mol. The molecule has 0 saturated carbocycles. The van der Waals surface area contributed by atoms with Crippen molar-refractivity contribution in [3.05, 3.63) is 12.7 Å². The van der Waals surface area contributed by atoms with Crippen LogP contribution in [0, 0.1) is 0 Å². The molecule has 3 rings (SSSR count). The van der Waals surface area contributed by atoms with Gasteiger partial charge in [-0.1, -0.05) is 0 Å². The number of aliphatic hydroxyl groups excluding tert-OH is 1. The van der Waals surface area contributed by atoms with Crippen LogP contribution in [0.25, 0.3) is 11.2 Å². The van der Waals surface area contributed by atoms with Crippen molar-refractivity contribution in [1.29, 1.82) is 0 Å². The number of phosphoric acid groups is 1. The zero-order chi connectivity index (χ0) is 16.8. The third-order valence-corrected chi connectivity index (χ3v) is 3.84. The summed E-state index contributed by atoms with van der Waals surface area (Å²) in [6.45, 7) is -0.680. The van der Waals surface area contributed by atoms with Gasteiger partial charge in [0.2, 0.25) is 0 Å². The first kappa shape index (κ1) is 16.2. The van der Waals surface area contributed by atoms with Gasteiger partial charge < -0.3 is 25.4 Å². The molecule has 1 aliphatic rings. The summed E-state index contributed by atoms with van der Waals surface area (Å²) in [6, 6.07) is 0. The number of phosphoric ester groups is 1. The van der Waals surface area contributed by atoms with Crippen LogP contribution in [0.2, 0.25) is 0 Å². The van der Waals surface area contributed by atoms with Crippen LogP contribution in [0.15, 0.2) is 12.7 Å². The van der Waals surface area contributed by atoms with Gasteiger partial charge in [0.15, 0.2) is 11.5 Å². The van der Waals surface area contributed by atoms with Crippen molar-refractivity contribution in [2.75, 3.05) is 12.3 Å². The van der Waals surface area contributed by atoms with Crippen molar-refractivity contribution in [2.24, 2.45) is 0 Å². The molecule has 0 radical (unpaired) electrons. The number of hydrogen-bond donors (Lipinski definition) is 4. The fourth-order valence-electron chi connectivity index (χ4n) is 2.32. The SMILES string of the molecule is Nc1ncnc2c1ncn2[C@@]1(F)C[C@H](O)[C@@H](COP(=O)(O)O)O1. The number of halogens is 1. The summed E-state index contributed by atoms with van der Waals surface area (Å²) in [6.07, 6.45) is -0.905. The van der Waals surface area contributed by atoms with Gasteiger partial charge in [-0.2, -0.15) is 4.39 Å². The van der Waals surface area contributed by atoms with Gasteiger partial charge >= 0.3 is 7.82 Å². The fourth-order valence-corrected chi connectivity index (χ4v) is 2.66. The lowest BCUT2D eigenvalue weighted by Gasteiger charge is -2.21. The first-order valence-electron chi connectivity index (χ1n) is 6.38. The Morgan fingerprint density at radius 2 is 2.26 bits per heavy atom. The average molecular weight is 349 g/mol. The van der Waals surface area contributed by atoms with Crippen molar-refractivity contribution in [3.8, 4) is 0 Å². The second-order valence-corrected chi connectivity index (χ2v) is 6.19. The second-order valence-electron chi connectivity index (χ2n) is 4.95. The van der Waals surface area contributed by atoms with Crippen molar-refractivity contribution in [2.45, 2.75) is 24.6 Å². The number of rotatable bonds is 4. The smallest absolute Gasteiger partial charge is 0.390 e. The third-order valence-electron chi connectivity index (χ3n) is 3.35. The van der Waals surface area contributed by atoms with Crippen molar-refractivity contribution in [1.82, 2.24) is 19.5 Å². The van der Waals surface area contributed by atoms with Crippen LogP contribution in [0.1, 0.15) is 6.42 Å². The molecule has 0 aliphatic carbocycles. The highest BCUT2D eigenvalue weighted by molar-refractivity contribution is 7.46. The zero-order valence-electron chi connectivity index (χ0n) is 11.5. The lowest BCUT2D eigenvalue weighted by molar-refractivity contribution is -0.199. The molecule has 1 fully saturated rings. The Labute approximate surface area is 128 Å². The molecular formula is C10H13FN5O6P. The first-order chi connectivity index (χ1) is 10.7. The number of aliphatic hydroxyl groups is 1. The highest BCUT2D eigenvalue weighted by Crippen LogP contribution is 2.41. The summed E-state index contributed by atoms with van der Waals surface area (Å²) in [4.78, 5) is 28.8. The minimum Gasteiger partial charge on any atom is -0.390 e. The van der Waals surface area contributed by atoms with Crippen LogP contribution in [0.4, 0.5) is 10.2 Å². The lowest BCUT2D eigenvalue weighted by atomic mass is 10.2. The van der Waals surface area contributed by atoms with Gasteiger partial charge in [0.25, 0.3) is 5.98 Å². The van der Waals surface area contributed by atoms with Crippen LogP contribution in [-0.4, -0.2) is 53.2 Å². The van der Waals surface area contributed by atoms with Gasteiger partial charge in [0.1, 0.15) is 24.3 Å². The molecule has 2 aromatic rings. The fraction of sp³-hybridized carbons (Fsp3) is 0.500. The molecule has 1 saturated heterocycles. The van der Waals surface area contributed by atoms with E-state index in [-0.39, 0.29) is 17.0 Å². The first-order valence-corrected chi connectivity index (χ1v) is 7.91. The maximum atomic E-state index is 15.1. The predicted molar refractivity (Wildman–Crippen MR) is 72.3 cm³/mol. The molecule has 0 aromatic carbocycles. The summed E-state index contributed by atoms with van der Waals surface area (Å²) in [5, 5.41) is 9.86. The number of imidazole rings is 1. The third kappa shape index (κ3) is 3.04. The van der Waals surface area contributed by atoms with Gasteiger partial charge in [-0.15, -0.1) is 0 Å². The minimum atomic E-state index is -4.76. The summed E-state index contributed by atoms with van der Waals surface area (Å²) >= 11 is 0. The van der Waals surface area contributed by atoms with E-state index < -0.39 is 39.0 Å². The molecule has 23 heavy (non-hydrogen) atoms. The van der Waals surface area contributed by atoms with E-state index in [0.717, 1.165) is 17.2 Å². The topological polar surface area (TPSA) is 166 Å². The molecule has 0 unspecified atom stereocenters. The van der Waals surface area contributed by atoms with Crippen molar-refractivity contribution in [3.63, 3.8) is 0 Å². The second kappa shape index (κ2) is 5.44. The highest BCUT2D eigenvalue weighted by Gasteiger charge is 2.49. The summed E-state index contributed by atoms with van der Waals surface area (Å²) in [5.74, 6) is -2.46. The van der Waals surface area contributed by atoms with Crippen molar-refractivity contribution < 1.29 is 33.1 Å². The lowest BCUT2D eigenvalue weighted by Crippen LogP contribution is -2.30. The van der Waals surface area contributed by atoms with Gasteiger partial charge in [0, 0.05) is 0 Å². The summed E-state index contributed by atoms with van der Waals surface area (Å²) in [5.41, 5.74) is 5.84. The molecule has 1 aliphatic heterocycles. The largest absolute Gasteiger partial charge is 0.469 e. The van der Waals surface area contributed by atoms with Crippen LogP contribution < -0.4 is 5.73 Å². The molecule has 3 atom stereocenters. The Morgan fingerprint density at radius 1 is 1.52 bits per heavy atom. The van der Waals surface area contributed by atoms with Crippen molar-refractivity contribution >= 4 is 24.8 Å². The molecular weight excluding hydrogens is 336 g/mol.